The van der Waals surface area contributed by atoms with Gasteiger partial charge in [0, 0.05) is 13.1 Å². The molecule has 0 spiro atoms. The summed E-state index contributed by atoms with van der Waals surface area (Å²) in [5, 5.41) is 0.0312. The van der Waals surface area contributed by atoms with Crippen LogP contribution in [0.3, 0.4) is 0 Å². The van der Waals surface area contributed by atoms with Crippen molar-refractivity contribution in [3.05, 3.63) is 28.8 Å². The van der Waals surface area contributed by atoms with Crippen LogP contribution >= 0.6 is 11.6 Å². The summed E-state index contributed by atoms with van der Waals surface area (Å²) >= 11 is 6.07. The lowest BCUT2D eigenvalue weighted by molar-refractivity contribution is -0.125. The van der Waals surface area contributed by atoms with Crippen molar-refractivity contribution in [2.45, 2.75) is 43.6 Å². The van der Waals surface area contributed by atoms with Gasteiger partial charge in [-0.15, -0.1) is 0 Å². The second-order valence-electron chi connectivity index (χ2n) is 5.91. The second-order valence-corrected chi connectivity index (χ2v) is 8.23. The molecule has 0 aromatic heterocycles. The molecule has 2 N–H and O–H groups in total. The summed E-state index contributed by atoms with van der Waals surface area (Å²) in [4.78, 5) is 23.0. The maximum Gasteiger partial charge on any atom is 0.338 e. The molecule has 138 valence electrons. The third-order valence-electron chi connectivity index (χ3n) is 4.03. The summed E-state index contributed by atoms with van der Waals surface area (Å²) < 4.78 is 32.1. The lowest BCUT2D eigenvalue weighted by atomic mass is 10.2. The fourth-order valence-electron chi connectivity index (χ4n) is 2.54. The predicted octanol–water partition coefficient (Wildman–Crippen LogP) is 1.94. The Morgan fingerprint density at radius 3 is 2.36 bits per heavy atom. The number of sulfonamides is 1. The maximum absolute atomic E-state index is 12.9. The average molecular weight is 389 g/mol. The van der Waals surface area contributed by atoms with Gasteiger partial charge in [-0.05, 0) is 38.0 Å². The monoisotopic (exact) mass is 388 g/mol. The van der Waals surface area contributed by atoms with Crippen LogP contribution in [0.15, 0.2) is 23.1 Å². The van der Waals surface area contributed by atoms with Gasteiger partial charge in [-0.25, -0.2) is 13.2 Å². The molecule has 1 amide bonds. The van der Waals surface area contributed by atoms with Crippen LogP contribution < -0.4 is 5.73 Å². The topological polar surface area (TPSA) is 107 Å². The first-order valence-corrected chi connectivity index (χ1v) is 9.85. The molecule has 25 heavy (non-hydrogen) atoms. The molecule has 1 aromatic rings. The first-order chi connectivity index (χ1) is 11.7. The Kier molecular flexibility index (Phi) is 6.42. The summed E-state index contributed by atoms with van der Waals surface area (Å²) in [6.07, 6.45) is 2.42. The quantitative estimate of drug-likeness (QED) is 0.775. The van der Waals surface area contributed by atoms with E-state index in [0.29, 0.717) is 13.1 Å². The maximum atomic E-state index is 12.9. The van der Waals surface area contributed by atoms with Crippen LogP contribution in [0.2, 0.25) is 5.02 Å². The van der Waals surface area contributed by atoms with E-state index in [1.807, 2.05) is 0 Å². The number of primary amides is 1. The van der Waals surface area contributed by atoms with Crippen molar-refractivity contribution in [1.29, 1.82) is 0 Å². The third-order valence-corrected chi connectivity index (χ3v) is 6.41. The van der Waals surface area contributed by atoms with Gasteiger partial charge in [0.05, 0.1) is 10.6 Å². The summed E-state index contributed by atoms with van der Waals surface area (Å²) in [5.41, 5.74) is 5.05. The number of benzene rings is 1. The van der Waals surface area contributed by atoms with E-state index in [2.05, 4.69) is 0 Å². The van der Waals surface area contributed by atoms with Crippen molar-refractivity contribution in [2.75, 3.05) is 13.1 Å². The van der Waals surface area contributed by atoms with Gasteiger partial charge in [0.1, 0.15) is 4.90 Å². The van der Waals surface area contributed by atoms with E-state index >= 15 is 0 Å². The molecule has 1 heterocycles. The Bertz CT molecular complexity index is 758. The summed E-state index contributed by atoms with van der Waals surface area (Å²) in [7, 11) is -3.81. The number of nitrogens with two attached hydrogens (primary N) is 1. The number of hydrogen-bond acceptors (Lipinski definition) is 5. The number of hydrogen-bond donors (Lipinski definition) is 1. The number of ether oxygens (including phenoxy) is 1. The number of carbonyl (C=O) groups is 2. The number of amides is 1. The van der Waals surface area contributed by atoms with E-state index < -0.39 is 28.0 Å². The Morgan fingerprint density at radius 2 is 1.80 bits per heavy atom. The largest absolute Gasteiger partial charge is 0.449 e. The van der Waals surface area contributed by atoms with Crippen molar-refractivity contribution < 1.29 is 22.7 Å². The van der Waals surface area contributed by atoms with Crippen molar-refractivity contribution in [2.24, 2.45) is 5.73 Å². The molecule has 7 nitrogen and oxygen atoms in total. The first-order valence-electron chi connectivity index (χ1n) is 8.03. The van der Waals surface area contributed by atoms with Gasteiger partial charge >= 0.3 is 5.97 Å². The third kappa shape index (κ3) is 4.71. The van der Waals surface area contributed by atoms with Crippen LogP contribution in [0.5, 0.6) is 0 Å². The van der Waals surface area contributed by atoms with Gasteiger partial charge in [-0.2, -0.15) is 4.31 Å². The number of carbonyl (C=O) groups excluding carboxylic acids is 2. The van der Waals surface area contributed by atoms with E-state index in [4.69, 9.17) is 22.1 Å². The van der Waals surface area contributed by atoms with Gasteiger partial charge in [-0.3, -0.25) is 4.79 Å². The molecule has 0 aliphatic carbocycles. The molecule has 1 saturated heterocycles. The van der Waals surface area contributed by atoms with Crippen molar-refractivity contribution in [3.8, 4) is 0 Å². The Hall–Kier alpha value is -1.64. The molecule has 1 aromatic carbocycles. The summed E-state index contributed by atoms with van der Waals surface area (Å²) in [6.45, 7) is 2.18. The van der Waals surface area contributed by atoms with Gasteiger partial charge in [-0.1, -0.05) is 24.4 Å². The zero-order chi connectivity index (χ0) is 18.6. The molecule has 1 aliphatic rings. The first kappa shape index (κ1) is 19.7. The zero-order valence-corrected chi connectivity index (χ0v) is 15.5. The van der Waals surface area contributed by atoms with E-state index in [9.17, 15) is 18.0 Å². The molecule has 0 radical (unpaired) electrons. The molecule has 0 saturated carbocycles. The zero-order valence-electron chi connectivity index (χ0n) is 13.9. The lowest BCUT2D eigenvalue weighted by Gasteiger charge is -2.21. The molecule has 0 bridgehead atoms. The van der Waals surface area contributed by atoms with Crippen LogP contribution in [-0.4, -0.2) is 43.8 Å². The van der Waals surface area contributed by atoms with Crippen molar-refractivity contribution in [1.82, 2.24) is 4.31 Å². The van der Waals surface area contributed by atoms with Gasteiger partial charge in [0.15, 0.2) is 6.10 Å². The molecule has 1 atom stereocenters. The SMILES string of the molecule is C[C@H](OC(=O)c1ccc(Cl)c(S(=O)(=O)N2CCCCCC2)c1)C(N)=O. The molecular formula is C16H21ClN2O5S. The van der Waals surface area contributed by atoms with Crippen LogP contribution in [-0.2, 0) is 19.6 Å². The highest BCUT2D eigenvalue weighted by atomic mass is 35.5. The fraction of sp³-hybridized carbons (Fsp3) is 0.500. The van der Waals surface area contributed by atoms with E-state index in [1.54, 1.807) is 0 Å². The molecule has 0 unspecified atom stereocenters. The lowest BCUT2D eigenvalue weighted by Crippen LogP contribution is -2.32. The van der Waals surface area contributed by atoms with Crippen LogP contribution in [0.4, 0.5) is 0 Å². The molecule has 9 heteroatoms. The predicted molar refractivity (Wildman–Crippen MR) is 92.8 cm³/mol. The van der Waals surface area contributed by atoms with Crippen LogP contribution in [0, 0.1) is 0 Å². The van der Waals surface area contributed by atoms with E-state index in [-0.39, 0.29) is 15.5 Å². The molecular weight excluding hydrogens is 368 g/mol. The normalized spacial score (nSPS) is 17.5. The molecule has 2 rings (SSSR count). The highest BCUT2D eigenvalue weighted by molar-refractivity contribution is 7.89. The van der Waals surface area contributed by atoms with Crippen molar-refractivity contribution >= 4 is 33.5 Å². The van der Waals surface area contributed by atoms with Crippen LogP contribution in [0.25, 0.3) is 0 Å². The number of rotatable bonds is 5. The second kappa shape index (κ2) is 8.16. The highest BCUT2D eigenvalue weighted by Gasteiger charge is 2.28. The fourth-order valence-corrected chi connectivity index (χ4v) is 4.55. The number of esters is 1. The molecule has 1 aliphatic heterocycles. The number of halogens is 1. The van der Waals surface area contributed by atoms with Gasteiger partial charge in [0.2, 0.25) is 10.0 Å². The van der Waals surface area contributed by atoms with Crippen LogP contribution in [0.1, 0.15) is 43.0 Å². The van der Waals surface area contributed by atoms with E-state index in [1.165, 1.54) is 29.4 Å². The molecule has 1 fully saturated rings. The minimum Gasteiger partial charge on any atom is -0.449 e. The smallest absolute Gasteiger partial charge is 0.338 e. The summed E-state index contributed by atoms with van der Waals surface area (Å²) in [5.74, 6) is -1.63. The Morgan fingerprint density at radius 1 is 1.20 bits per heavy atom. The minimum atomic E-state index is -3.81. The van der Waals surface area contributed by atoms with Gasteiger partial charge in [0.25, 0.3) is 5.91 Å². The van der Waals surface area contributed by atoms with Gasteiger partial charge < -0.3 is 10.5 Å². The minimum absolute atomic E-state index is 0.00843. The number of nitrogens with zero attached hydrogens (tertiary/aromatic N) is 1. The Labute approximate surface area is 152 Å². The Balaban J connectivity index is 2.31. The van der Waals surface area contributed by atoms with E-state index in [0.717, 1.165) is 25.7 Å². The standard InChI is InChI=1S/C16H21ClN2O5S/c1-11(15(18)20)24-16(21)12-6-7-13(17)14(10-12)25(22,23)19-8-4-2-3-5-9-19/h6-7,10-11H,2-5,8-9H2,1H3,(H2,18,20)/t11-/m0/s1. The summed E-state index contributed by atoms with van der Waals surface area (Å²) in [6, 6.07) is 3.86. The average Bonchev–Trinajstić information content (AvgIpc) is 2.84. The van der Waals surface area contributed by atoms with Crippen molar-refractivity contribution in [3.63, 3.8) is 0 Å². The highest BCUT2D eigenvalue weighted by Crippen LogP contribution is 2.28.